The van der Waals surface area contributed by atoms with Crippen LogP contribution in [0.2, 0.25) is 0 Å². The summed E-state index contributed by atoms with van der Waals surface area (Å²) in [4.78, 5) is 14.7. The van der Waals surface area contributed by atoms with Crippen molar-refractivity contribution in [1.29, 1.82) is 0 Å². The first-order valence-electron chi connectivity index (χ1n) is 8.82. The molecule has 0 aromatic heterocycles. The van der Waals surface area contributed by atoms with Gasteiger partial charge >= 0.3 is 6.61 Å². The van der Waals surface area contributed by atoms with Gasteiger partial charge in [-0.2, -0.15) is 8.78 Å². The first-order chi connectivity index (χ1) is 13.0. The maximum Gasteiger partial charge on any atom is 0.387 e. The van der Waals surface area contributed by atoms with E-state index in [1.54, 1.807) is 6.07 Å². The zero-order valence-electron chi connectivity index (χ0n) is 14.7. The molecule has 0 radical (unpaired) electrons. The Hall–Kier alpha value is -2.54. The Labute approximate surface area is 155 Å². The third-order valence-corrected chi connectivity index (χ3v) is 4.52. The van der Waals surface area contributed by atoms with Gasteiger partial charge in [0.2, 0.25) is 5.91 Å². The van der Waals surface area contributed by atoms with Crippen molar-refractivity contribution in [3.63, 3.8) is 0 Å². The zero-order valence-corrected chi connectivity index (χ0v) is 14.7. The molecular formula is C20H21F3N2O2. The number of benzene rings is 2. The van der Waals surface area contributed by atoms with Gasteiger partial charge in [0.1, 0.15) is 11.6 Å². The van der Waals surface area contributed by atoms with Gasteiger partial charge in [0, 0.05) is 18.8 Å². The molecule has 0 aliphatic carbocycles. The second-order valence-corrected chi connectivity index (χ2v) is 6.60. The first-order valence-corrected chi connectivity index (χ1v) is 8.82. The lowest BCUT2D eigenvalue weighted by Crippen LogP contribution is -2.40. The minimum absolute atomic E-state index is 0.0435. The van der Waals surface area contributed by atoms with Crippen molar-refractivity contribution in [1.82, 2.24) is 4.90 Å². The van der Waals surface area contributed by atoms with Gasteiger partial charge in [0.15, 0.2) is 0 Å². The predicted octanol–water partition coefficient (Wildman–Crippen LogP) is 4.28. The first kappa shape index (κ1) is 19.2. The van der Waals surface area contributed by atoms with E-state index in [2.05, 4.69) is 15.0 Å². The highest BCUT2D eigenvalue weighted by molar-refractivity contribution is 5.92. The van der Waals surface area contributed by atoms with E-state index in [0.29, 0.717) is 18.8 Å². The summed E-state index contributed by atoms with van der Waals surface area (Å²) in [5, 5.41) is 2.82. The van der Waals surface area contributed by atoms with Crippen LogP contribution < -0.4 is 10.1 Å². The van der Waals surface area contributed by atoms with Crippen molar-refractivity contribution in [3.8, 4) is 5.75 Å². The van der Waals surface area contributed by atoms with Crippen LogP contribution in [0.15, 0.2) is 48.5 Å². The van der Waals surface area contributed by atoms with Crippen molar-refractivity contribution >= 4 is 11.6 Å². The summed E-state index contributed by atoms with van der Waals surface area (Å²) < 4.78 is 42.0. The van der Waals surface area contributed by atoms with Gasteiger partial charge in [-0.15, -0.1) is 0 Å². The van der Waals surface area contributed by atoms with Gasteiger partial charge in [-0.3, -0.25) is 9.69 Å². The van der Waals surface area contributed by atoms with Crippen LogP contribution in [0, 0.1) is 11.7 Å². The highest BCUT2D eigenvalue weighted by Gasteiger charge is 2.26. The Balaban J connectivity index is 1.55. The van der Waals surface area contributed by atoms with Crippen molar-refractivity contribution < 1.29 is 22.7 Å². The van der Waals surface area contributed by atoms with E-state index in [1.165, 1.54) is 36.4 Å². The predicted molar refractivity (Wildman–Crippen MR) is 96.1 cm³/mol. The summed E-state index contributed by atoms with van der Waals surface area (Å²) in [5.41, 5.74) is 1.41. The van der Waals surface area contributed by atoms with E-state index in [9.17, 15) is 18.0 Å². The number of nitrogens with one attached hydrogen (secondary N) is 1. The van der Waals surface area contributed by atoms with Crippen LogP contribution in [0.5, 0.6) is 5.75 Å². The third-order valence-electron chi connectivity index (χ3n) is 4.52. The molecule has 0 bridgehead atoms. The number of carbonyl (C=O) groups is 1. The fourth-order valence-electron chi connectivity index (χ4n) is 3.27. The lowest BCUT2D eigenvalue weighted by molar-refractivity contribution is -0.121. The van der Waals surface area contributed by atoms with Crippen LogP contribution in [0.4, 0.5) is 18.9 Å². The number of hydrogen-bond donors (Lipinski definition) is 1. The summed E-state index contributed by atoms with van der Waals surface area (Å²) in [5.74, 6) is -0.509. The van der Waals surface area contributed by atoms with Crippen LogP contribution in [-0.2, 0) is 11.3 Å². The molecule has 1 saturated heterocycles. The number of likely N-dealkylation sites (tertiary alicyclic amines) is 1. The molecule has 2 aromatic rings. The molecule has 4 nitrogen and oxygen atoms in total. The summed E-state index contributed by atoms with van der Waals surface area (Å²) in [6.45, 7) is -0.826. The monoisotopic (exact) mass is 378 g/mol. The molecular weight excluding hydrogens is 357 g/mol. The van der Waals surface area contributed by atoms with E-state index in [1.807, 2.05) is 6.07 Å². The van der Waals surface area contributed by atoms with Crippen molar-refractivity contribution in [2.24, 2.45) is 5.92 Å². The minimum Gasteiger partial charge on any atom is -0.435 e. The van der Waals surface area contributed by atoms with Gasteiger partial charge in [-0.1, -0.05) is 12.1 Å². The van der Waals surface area contributed by atoms with E-state index < -0.39 is 6.61 Å². The highest BCUT2D eigenvalue weighted by Crippen LogP contribution is 2.22. The quantitative estimate of drug-likeness (QED) is 0.816. The molecule has 7 heteroatoms. The summed E-state index contributed by atoms with van der Waals surface area (Å²) >= 11 is 0. The molecule has 1 atom stereocenters. The van der Waals surface area contributed by atoms with Crippen molar-refractivity contribution in [2.45, 2.75) is 26.0 Å². The Kier molecular flexibility index (Phi) is 6.34. The normalized spacial score (nSPS) is 17.7. The molecule has 1 aliphatic rings. The lowest BCUT2D eigenvalue weighted by atomic mass is 9.96. The van der Waals surface area contributed by atoms with Gasteiger partial charge in [0.05, 0.1) is 5.92 Å². The number of hydrogen-bond acceptors (Lipinski definition) is 3. The van der Waals surface area contributed by atoms with E-state index in [4.69, 9.17) is 0 Å². The van der Waals surface area contributed by atoms with E-state index in [0.717, 1.165) is 24.9 Å². The second-order valence-electron chi connectivity index (χ2n) is 6.60. The van der Waals surface area contributed by atoms with Crippen LogP contribution in [0.3, 0.4) is 0 Å². The molecule has 0 saturated carbocycles. The zero-order chi connectivity index (χ0) is 19.2. The van der Waals surface area contributed by atoms with Gasteiger partial charge in [-0.25, -0.2) is 4.39 Å². The molecule has 1 fully saturated rings. The number of anilines is 1. The average molecular weight is 378 g/mol. The summed E-state index contributed by atoms with van der Waals surface area (Å²) in [7, 11) is 0. The molecule has 1 aliphatic heterocycles. The number of alkyl halides is 2. The highest BCUT2D eigenvalue weighted by atomic mass is 19.3. The number of amides is 1. The van der Waals surface area contributed by atoms with Crippen LogP contribution in [0.25, 0.3) is 0 Å². The number of piperidine rings is 1. The Morgan fingerprint density at radius 3 is 2.70 bits per heavy atom. The molecule has 0 spiro atoms. The summed E-state index contributed by atoms with van der Waals surface area (Å²) in [6.07, 6.45) is 1.66. The standard InChI is InChI=1S/C20H21F3N2O2/c21-16-5-1-3-14(11-16)12-25-10-2-4-15(13-25)19(26)24-17-6-8-18(9-7-17)27-20(22)23/h1,3,5-9,11,15,20H,2,4,10,12-13H2,(H,24,26). The SMILES string of the molecule is O=C(Nc1ccc(OC(F)F)cc1)C1CCCN(Cc2cccc(F)c2)C1. The topological polar surface area (TPSA) is 41.6 Å². The lowest BCUT2D eigenvalue weighted by Gasteiger charge is -2.32. The van der Waals surface area contributed by atoms with E-state index in [-0.39, 0.29) is 23.4 Å². The Morgan fingerprint density at radius 1 is 1.22 bits per heavy atom. The maximum atomic E-state index is 13.3. The third kappa shape index (κ3) is 5.72. The Morgan fingerprint density at radius 2 is 2.00 bits per heavy atom. The molecule has 1 N–H and O–H groups in total. The number of halogens is 3. The smallest absolute Gasteiger partial charge is 0.387 e. The number of nitrogens with zero attached hydrogens (tertiary/aromatic N) is 1. The molecule has 1 amide bonds. The minimum atomic E-state index is -2.88. The number of ether oxygens (including phenoxy) is 1. The largest absolute Gasteiger partial charge is 0.435 e. The van der Waals surface area contributed by atoms with Gasteiger partial charge in [0.25, 0.3) is 0 Å². The second kappa shape index (κ2) is 8.90. The fraction of sp³-hybridized carbons (Fsp3) is 0.350. The number of rotatable bonds is 6. The van der Waals surface area contributed by atoms with Crippen molar-refractivity contribution in [3.05, 3.63) is 59.9 Å². The molecule has 144 valence electrons. The molecule has 27 heavy (non-hydrogen) atoms. The van der Waals surface area contributed by atoms with Crippen molar-refractivity contribution in [2.75, 3.05) is 18.4 Å². The average Bonchev–Trinajstić information content (AvgIpc) is 2.63. The van der Waals surface area contributed by atoms with Crippen LogP contribution in [-0.4, -0.2) is 30.5 Å². The van der Waals surface area contributed by atoms with E-state index >= 15 is 0 Å². The Bertz CT molecular complexity index is 768. The number of carbonyl (C=O) groups excluding carboxylic acids is 1. The van der Waals surface area contributed by atoms with Gasteiger partial charge < -0.3 is 10.1 Å². The molecule has 3 rings (SSSR count). The van der Waals surface area contributed by atoms with Crippen LogP contribution in [0.1, 0.15) is 18.4 Å². The maximum absolute atomic E-state index is 13.3. The van der Waals surface area contributed by atoms with Gasteiger partial charge in [-0.05, 0) is 61.3 Å². The molecule has 1 unspecified atom stereocenters. The molecule has 1 heterocycles. The van der Waals surface area contributed by atoms with Crippen LogP contribution >= 0.6 is 0 Å². The fourth-order valence-corrected chi connectivity index (χ4v) is 3.27. The molecule has 2 aromatic carbocycles. The summed E-state index contributed by atoms with van der Waals surface area (Å²) in [6, 6.07) is 12.3.